The number of unbranched alkanes of at least 4 members (excludes halogenated alkanes) is 3. The lowest BCUT2D eigenvalue weighted by Gasteiger charge is -1.99. The van der Waals surface area contributed by atoms with Crippen LogP contribution in [0, 0.1) is 0 Å². The van der Waals surface area contributed by atoms with E-state index in [9.17, 15) is 4.79 Å². The van der Waals surface area contributed by atoms with Crippen LogP contribution in [0.2, 0.25) is 0 Å². The van der Waals surface area contributed by atoms with E-state index in [-0.39, 0.29) is 12.4 Å². The average Bonchev–Trinajstić information content (AvgIpc) is 3.32. The number of carbonyl (C=O) groups is 1. The molecule has 0 aromatic carbocycles. The molecule has 0 spiro atoms. The van der Waals surface area contributed by atoms with E-state index in [0.717, 1.165) is 64.2 Å². The molecule has 180 valence electrons. The maximum Gasteiger partial charge on any atom is 0.179 e. The van der Waals surface area contributed by atoms with Crippen LogP contribution in [0.4, 0.5) is 0 Å². The SMILES string of the molecule is CC/C=C\C/C=C\C/C=C\C/C=C\C/C=C\C/C=C\CCCCCC(=O)c1ccc(CO)[nH]1. The van der Waals surface area contributed by atoms with Gasteiger partial charge in [-0.1, -0.05) is 86.3 Å². The molecule has 0 bridgehead atoms. The molecule has 0 saturated heterocycles. The maximum absolute atomic E-state index is 12.0. The Morgan fingerprint density at radius 2 is 1.24 bits per heavy atom. The van der Waals surface area contributed by atoms with Crippen molar-refractivity contribution in [2.24, 2.45) is 0 Å². The highest BCUT2D eigenvalue weighted by Crippen LogP contribution is 2.10. The van der Waals surface area contributed by atoms with E-state index in [0.29, 0.717) is 17.8 Å². The van der Waals surface area contributed by atoms with Gasteiger partial charge < -0.3 is 10.1 Å². The van der Waals surface area contributed by atoms with E-state index in [1.54, 1.807) is 12.1 Å². The number of aromatic amines is 1. The first-order valence-electron chi connectivity index (χ1n) is 12.5. The van der Waals surface area contributed by atoms with Crippen molar-refractivity contribution >= 4 is 5.78 Å². The molecule has 0 unspecified atom stereocenters. The summed E-state index contributed by atoms with van der Waals surface area (Å²) in [5.74, 6) is 0.128. The summed E-state index contributed by atoms with van der Waals surface area (Å²) in [5.41, 5.74) is 1.30. The smallest absolute Gasteiger partial charge is 0.179 e. The van der Waals surface area contributed by atoms with Crippen molar-refractivity contribution in [3.8, 4) is 0 Å². The molecule has 1 aromatic rings. The Bertz CT molecular complexity index is 790. The van der Waals surface area contributed by atoms with E-state index >= 15 is 0 Å². The van der Waals surface area contributed by atoms with Gasteiger partial charge >= 0.3 is 0 Å². The van der Waals surface area contributed by atoms with Gasteiger partial charge in [0.1, 0.15) is 0 Å². The van der Waals surface area contributed by atoms with Crippen molar-refractivity contribution in [3.05, 3.63) is 96.4 Å². The van der Waals surface area contributed by atoms with Gasteiger partial charge in [-0.3, -0.25) is 4.79 Å². The van der Waals surface area contributed by atoms with E-state index in [1.807, 2.05) is 0 Å². The minimum absolute atomic E-state index is 0.0563. The van der Waals surface area contributed by atoms with Crippen molar-refractivity contribution in [1.82, 2.24) is 4.98 Å². The first-order chi connectivity index (χ1) is 16.3. The normalized spacial score (nSPS) is 12.8. The van der Waals surface area contributed by atoms with Crippen molar-refractivity contribution in [2.75, 3.05) is 0 Å². The summed E-state index contributed by atoms with van der Waals surface area (Å²) in [6, 6.07) is 3.51. The molecule has 1 aromatic heterocycles. The van der Waals surface area contributed by atoms with Gasteiger partial charge in [0.15, 0.2) is 5.78 Å². The minimum Gasteiger partial charge on any atom is -0.390 e. The van der Waals surface area contributed by atoms with Gasteiger partial charge in [0.2, 0.25) is 0 Å². The summed E-state index contributed by atoms with van der Waals surface area (Å²) < 4.78 is 0. The van der Waals surface area contributed by atoms with Crippen LogP contribution in [0.3, 0.4) is 0 Å². The number of aliphatic hydroxyl groups excluding tert-OH is 1. The summed E-state index contributed by atoms with van der Waals surface area (Å²) in [6.45, 7) is 2.10. The molecule has 0 saturated carbocycles. The predicted octanol–water partition coefficient (Wildman–Crippen LogP) is 8.34. The lowest BCUT2D eigenvalue weighted by Crippen LogP contribution is -1.99. The molecule has 0 atom stereocenters. The Morgan fingerprint density at radius 1 is 0.727 bits per heavy atom. The van der Waals surface area contributed by atoms with Crippen molar-refractivity contribution < 1.29 is 9.90 Å². The van der Waals surface area contributed by atoms with Crippen LogP contribution in [0.1, 0.15) is 93.7 Å². The number of H-pyrrole nitrogens is 1. The highest BCUT2D eigenvalue weighted by molar-refractivity contribution is 5.94. The monoisotopic (exact) mass is 449 g/mol. The van der Waals surface area contributed by atoms with Crippen LogP contribution < -0.4 is 0 Å². The van der Waals surface area contributed by atoms with Crippen LogP contribution >= 0.6 is 0 Å². The highest BCUT2D eigenvalue weighted by Gasteiger charge is 2.07. The molecule has 3 heteroatoms. The molecule has 33 heavy (non-hydrogen) atoms. The predicted molar refractivity (Wildman–Crippen MR) is 142 cm³/mol. The number of ketones is 1. The third-order valence-corrected chi connectivity index (χ3v) is 5.09. The largest absolute Gasteiger partial charge is 0.390 e. The number of aromatic nitrogens is 1. The van der Waals surface area contributed by atoms with Crippen LogP contribution in [-0.2, 0) is 6.61 Å². The standard InChI is InChI=1S/C30H43NO2/c1-2-3-4-5-6-7-8-9-10-11-12-13-14-15-16-17-18-19-20-21-22-23-24-30(33)29-26-25-28(27-32)31-29/h3-4,6-7,9-10,12-13,15-16,18-19,25-26,31-32H,2,5,8,11,14,17,20-24,27H2,1H3/b4-3-,7-6-,10-9-,13-12-,16-15-,19-18-. The average molecular weight is 450 g/mol. The number of Topliss-reactive ketones (excluding diaryl/α,β-unsaturated/α-hetero) is 1. The lowest BCUT2D eigenvalue weighted by molar-refractivity contribution is 0.0974. The number of aliphatic hydroxyl groups is 1. The van der Waals surface area contributed by atoms with Gasteiger partial charge in [-0.15, -0.1) is 0 Å². The molecular formula is C30H43NO2. The second-order valence-corrected chi connectivity index (χ2v) is 7.99. The number of nitrogens with one attached hydrogen (secondary N) is 1. The van der Waals surface area contributed by atoms with E-state index in [2.05, 4.69) is 84.8 Å². The van der Waals surface area contributed by atoms with Gasteiger partial charge in [0.05, 0.1) is 12.3 Å². The zero-order valence-electron chi connectivity index (χ0n) is 20.4. The summed E-state index contributed by atoms with van der Waals surface area (Å²) in [4.78, 5) is 15.0. The molecule has 3 nitrogen and oxygen atoms in total. The first-order valence-corrected chi connectivity index (χ1v) is 12.5. The number of rotatable bonds is 19. The Kier molecular flexibility index (Phi) is 18.2. The van der Waals surface area contributed by atoms with E-state index in [4.69, 9.17) is 5.11 Å². The Labute approximate surface area is 201 Å². The minimum atomic E-state index is -0.0563. The topological polar surface area (TPSA) is 53.1 Å². The maximum atomic E-state index is 12.0. The molecule has 1 rings (SSSR count). The number of hydrogen-bond donors (Lipinski definition) is 2. The van der Waals surface area contributed by atoms with Crippen LogP contribution in [0.5, 0.6) is 0 Å². The van der Waals surface area contributed by atoms with Crippen molar-refractivity contribution in [1.29, 1.82) is 0 Å². The fraction of sp³-hybridized carbons (Fsp3) is 0.433. The van der Waals surface area contributed by atoms with Gasteiger partial charge in [-0.25, -0.2) is 0 Å². The van der Waals surface area contributed by atoms with E-state index < -0.39 is 0 Å². The summed E-state index contributed by atoms with van der Waals surface area (Å²) >= 11 is 0. The van der Waals surface area contributed by atoms with E-state index in [1.165, 1.54) is 0 Å². The van der Waals surface area contributed by atoms with Crippen molar-refractivity contribution in [2.45, 2.75) is 84.2 Å². The second-order valence-electron chi connectivity index (χ2n) is 7.99. The molecule has 1 heterocycles. The van der Waals surface area contributed by atoms with Crippen LogP contribution in [-0.4, -0.2) is 15.9 Å². The van der Waals surface area contributed by atoms with Crippen LogP contribution in [0.15, 0.2) is 85.0 Å². The van der Waals surface area contributed by atoms with Gasteiger partial charge in [0, 0.05) is 12.1 Å². The third-order valence-electron chi connectivity index (χ3n) is 5.09. The van der Waals surface area contributed by atoms with Gasteiger partial charge in [-0.2, -0.15) is 0 Å². The Morgan fingerprint density at radius 3 is 1.73 bits per heavy atom. The van der Waals surface area contributed by atoms with Gasteiger partial charge in [0.25, 0.3) is 0 Å². The molecule has 0 amide bonds. The fourth-order valence-corrected chi connectivity index (χ4v) is 3.19. The number of hydrogen-bond acceptors (Lipinski definition) is 2. The van der Waals surface area contributed by atoms with Crippen LogP contribution in [0.25, 0.3) is 0 Å². The summed E-state index contributed by atoms with van der Waals surface area (Å²) in [5, 5.41) is 9.03. The molecule has 0 fully saturated rings. The zero-order chi connectivity index (χ0) is 23.8. The number of allylic oxidation sites excluding steroid dienone is 12. The molecule has 0 aliphatic heterocycles. The molecule has 0 radical (unpaired) electrons. The first kappa shape index (κ1) is 28.4. The van der Waals surface area contributed by atoms with Crippen molar-refractivity contribution in [3.63, 3.8) is 0 Å². The lowest BCUT2D eigenvalue weighted by atomic mass is 10.1. The Hall–Kier alpha value is -2.65. The number of carbonyl (C=O) groups excluding carboxylic acids is 1. The third kappa shape index (κ3) is 16.6. The second kappa shape index (κ2) is 21.2. The fourth-order valence-electron chi connectivity index (χ4n) is 3.19. The molecular weight excluding hydrogens is 406 g/mol. The quantitative estimate of drug-likeness (QED) is 0.127. The highest BCUT2D eigenvalue weighted by atomic mass is 16.3. The molecule has 0 aliphatic carbocycles. The zero-order valence-corrected chi connectivity index (χ0v) is 20.4. The Balaban J connectivity index is 1.94. The molecule has 2 N–H and O–H groups in total. The summed E-state index contributed by atoms with van der Waals surface area (Å²) in [7, 11) is 0. The molecule has 0 aliphatic rings. The summed E-state index contributed by atoms with van der Waals surface area (Å²) in [6.07, 6.45) is 37.4. The van der Waals surface area contributed by atoms with Gasteiger partial charge in [-0.05, 0) is 69.9 Å².